The average Bonchev–Trinajstić information content (AvgIpc) is 2.39. The van der Waals surface area contributed by atoms with Gasteiger partial charge in [0.2, 0.25) is 5.91 Å². The Labute approximate surface area is 115 Å². The van der Waals surface area contributed by atoms with E-state index in [1.54, 1.807) is 24.3 Å². The van der Waals surface area contributed by atoms with Gasteiger partial charge in [-0.3, -0.25) is 4.79 Å². The van der Waals surface area contributed by atoms with E-state index in [4.69, 9.17) is 15.6 Å². The van der Waals surface area contributed by atoms with E-state index in [0.717, 1.165) is 10.6 Å². The number of carbonyl (C=O) groups is 2. The summed E-state index contributed by atoms with van der Waals surface area (Å²) >= 11 is 0. The van der Waals surface area contributed by atoms with E-state index in [1.807, 2.05) is 6.92 Å². The number of aliphatic hydroxyl groups excluding tert-OH is 1. The summed E-state index contributed by atoms with van der Waals surface area (Å²) in [5, 5.41) is 14.3. The fourth-order valence-corrected chi connectivity index (χ4v) is 2.01. The fourth-order valence-electron chi connectivity index (χ4n) is 2.01. The Morgan fingerprint density at radius 2 is 2.15 bits per heavy atom. The topological polar surface area (TPSA) is 105 Å². The monoisotopic (exact) mass is 277 g/mol. The maximum absolute atomic E-state index is 11.6. The smallest absolute Gasteiger partial charge is 0.409 e. The van der Waals surface area contributed by atoms with Crippen LogP contribution in [0.25, 0.3) is 0 Å². The second-order valence-electron chi connectivity index (χ2n) is 4.47. The van der Waals surface area contributed by atoms with Gasteiger partial charge in [0.1, 0.15) is 12.5 Å². The van der Waals surface area contributed by atoms with Gasteiger partial charge in [0.25, 0.3) is 0 Å². The number of nitrogens with two attached hydrogens (primary N) is 1. The van der Waals surface area contributed by atoms with E-state index < -0.39 is 12.8 Å². The molecule has 0 aromatic heterocycles. The molecule has 0 saturated carbocycles. The van der Waals surface area contributed by atoms with E-state index in [1.165, 1.54) is 0 Å². The van der Waals surface area contributed by atoms with Crippen LogP contribution in [0.4, 0.5) is 4.79 Å². The molecule has 1 atom stereocenters. The molecular weight excluding hydrogens is 262 g/mol. The quantitative estimate of drug-likeness (QED) is 0.846. The third-order valence-electron chi connectivity index (χ3n) is 2.97. The van der Waals surface area contributed by atoms with Crippen LogP contribution in [0, 0.1) is 5.92 Å². The highest BCUT2D eigenvalue weighted by atomic mass is 16.5. The van der Waals surface area contributed by atoms with Gasteiger partial charge in [-0.15, -0.1) is 0 Å². The molecule has 1 aromatic rings. The minimum atomic E-state index is -0.877. The highest BCUT2D eigenvalue weighted by Crippen LogP contribution is 2.22. The van der Waals surface area contributed by atoms with Crippen LogP contribution in [0.1, 0.15) is 18.9 Å². The minimum Gasteiger partial charge on any atom is -0.411 e. The second kappa shape index (κ2) is 5.70. The van der Waals surface area contributed by atoms with Gasteiger partial charge >= 0.3 is 6.09 Å². The number of rotatable bonds is 3. The molecule has 0 radical (unpaired) electrons. The number of aliphatic hydroxyl groups is 1. The molecule has 0 bridgehead atoms. The van der Waals surface area contributed by atoms with Crippen LogP contribution < -0.4 is 10.5 Å². The van der Waals surface area contributed by atoms with Crippen LogP contribution in [-0.2, 0) is 4.79 Å². The van der Waals surface area contributed by atoms with Gasteiger partial charge in [-0.25, -0.2) is 9.80 Å². The van der Waals surface area contributed by atoms with Crippen molar-refractivity contribution in [2.75, 3.05) is 6.73 Å². The zero-order valence-electron chi connectivity index (χ0n) is 10.9. The molecule has 0 aliphatic carbocycles. The van der Waals surface area contributed by atoms with Crippen LogP contribution in [0.5, 0.6) is 5.75 Å². The zero-order chi connectivity index (χ0) is 14.7. The van der Waals surface area contributed by atoms with E-state index in [9.17, 15) is 9.59 Å². The molecule has 0 unspecified atom stereocenters. The van der Waals surface area contributed by atoms with Crippen molar-refractivity contribution in [2.45, 2.75) is 13.3 Å². The first-order valence-electron chi connectivity index (χ1n) is 6.08. The van der Waals surface area contributed by atoms with Crippen LogP contribution in [0.15, 0.2) is 29.4 Å². The van der Waals surface area contributed by atoms with Crippen molar-refractivity contribution in [2.24, 2.45) is 16.8 Å². The second-order valence-corrected chi connectivity index (χ2v) is 4.47. The van der Waals surface area contributed by atoms with Crippen LogP contribution in [0.2, 0.25) is 0 Å². The molecule has 0 fully saturated rings. The van der Waals surface area contributed by atoms with Crippen molar-refractivity contribution in [1.82, 2.24) is 5.01 Å². The lowest BCUT2D eigenvalue weighted by Gasteiger charge is -2.26. The molecule has 0 spiro atoms. The summed E-state index contributed by atoms with van der Waals surface area (Å²) in [4.78, 5) is 22.2. The molecule has 1 heterocycles. The molecular formula is C13H15N3O4. The number of hydrogen-bond acceptors (Lipinski definition) is 5. The predicted molar refractivity (Wildman–Crippen MR) is 70.9 cm³/mol. The lowest BCUT2D eigenvalue weighted by Crippen LogP contribution is -2.36. The standard InChI is InChI=1S/C13H15N3O4/c1-8-6-11(18)16(7-17)15-12(8)9-2-4-10(5-3-9)20-13(14)19/h2-5,8,17H,6-7H2,1H3,(H2,14,19)/t8-/m1/s1. The normalized spacial score (nSPS) is 18.7. The number of benzene rings is 1. The highest BCUT2D eigenvalue weighted by Gasteiger charge is 2.26. The first-order chi connectivity index (χ1) is 9.51. The Balaban J connectivity index is 2.26. The molecule has 20 heavy (non-hydrogen) atoms. The summed E-state index contributed by atoms with van der Waals surface area (Å²) in [6.07, 6.45) is -0.586. The van der Waals surface area contributed by atoms with Gasteiger partial charge in [0.15, 0.2) is 0 Å². The van der Waals surface area contributed by atoms with Crippen LogP contribution in [0.3, 0.4) is 0 Å². The molecule has 7 nitrogen and oxygen atoms in total. The number of primary amides is 1. The average molecular weight is 277 g/mol. The molecule has 7 heteroatoms. The van der Waals surface area contributed by atoms with Gasteiger partial charge in [0.05, 0.1) is 5.71 Å². The van der Waals surface area contributed by atoms with Crippen molar-refractivity contribution < 1.29 is 19.4 Å². The SMILES string of the molecule is C[C@@H]1CC(=O)N(CO)N=C1c1ccc(OC(N)=O)cc1. The van der Waals surface area contributed by atoms with E-state index in [-0.39, 0.29) is 11.8 Å². The van der Waals surface area contributed by atoms with Gasteiger partial charge in [-0.05, 0) is 29.8 Å². The third kappa shape index (κ3) is 2.94. The maximum Gasteiger partial charge on any atom is 0.409 e. The fraction of sp³-hybridized carbons (Fsp3) is 0.308. The minimum absolute atomic E-state index is 0.0480. The molecule has 0 saturated heterocycles. The summed E-state index contributed by atoms with van der Waals surface area (Å²) < 4.78 is 4.74. The number of nitrogens with zero attached hydrogens (tertiary/aromatic N) is 2. The Bertz CT molecular complexity index is 553. The van der Waals surface area contributed by atoms with E-state index in [0.29, 0.717) is 17.9 Å². The molecule has 1 aliphatic heterocycles. The van der Waals surface area contributed by atoms with E-state index >= 15 is 0 Å². The molecule has 2 amide bonds. The molecule has 3 N–H and O–H groups in total. The van der Waals surface area contributed by atoms with Crippen molar-refractivity contribution in [3.63, 3.8) is 0 Å². The largest absolute Gasteiger partial charge is 0.411 e. The highest BCUT2D eigenvalue weighted by molar-refractivity contribution is 6.05. The summed E-state index contributed by atoms with van der Waals surface area (Å²) in [6.45, 7) is 1.44. The van der Waals surface area contributed by atoms with Gasteiger partial charge in [-0.1, -0.05) is 6.92 Å². The third-order valence-corrected chi connectivity index (χ3v) is 2.97. The lowest BCUT2D eigenvalue weighted by atomic mass is 9.94. The number of hydrazone groups is 1. The van der Waals surface area contributed by atoms with Gasteiger partial charge < -0.3 is 15.6 Å². The first-order valence-corrected chi connectivity index (χ1v) is 6.08. The lowest BCUT2D eigenvalue weighted by molar-refractivity contribution is -0.136. The molecule has 1 aromatic carbocycles. The van der Waals surface area contributed by atoms with Crippen LogP contribution >= 0.6 is 0 Å². The summed E-state index contributed by atoms with van der Waals surface area (Å²) in [5.74, 6) is 0.0750. The number of hydrogen-bond donors (Lipinski definition) is 2. The van der Waals surface area contributed by atoms with Gasteiger partial charge in [-0.2, -0.15) is 5.10 Å². The Morgan fingerprint density at radius 1 is 1.50 bits per heavy atom. The Hall–Kier alpha value is -2.41. The van der Waals surface area contributed by atoms with Crippen molar-refractivity contribution in [3.05, 3.63) is 29.8 Å². The molecule has 1 aliphatic rings. The van der Waals surface area contributed by atoms with Crippen molar-refractivity contribution >= 4 is 17.7 Å². The summed E-state index contributed by atoms with van der Waals surface area (Å²) in [5.41, 5.74) is 6.41. The maximum atomic E-state index is 11.6. The molecule has 2 rings (SSSR count). The van der Waals surface area contributed by atoms with Gasteiger partial charge in [0, 0.05) is 12.3 Å². The van der Waals surface area contributed by atoms with E-state index in [2.05, 4.69) is 5.10 Å². The number of amides is 2. The first kappa shape index (κ1) is 14.0. The zero-order valence-corrected chi connectivity index (χ0v) is 10.9. The predicted octanol–water partition coefficient (Wildman–Crippen LogP) is 0.666. The van der Waals surface area contributed by atoms with Crippen molar-refractivity contribution in [1.29, 1.82) is 0 Å². The summed E-state index contributed by atoms with van der Waals surface area (Å²) in [6, 6.07) is 6.63. The molecule has 106 valence electrons. The Morgan fingerprint density at radius 3 is 2.70 bits per heavy atom. The van der Waals surface area contributed by atoms with Crippen LogP contribution in [-0.4, -0.2) is 34.6 Å². The van der Waals surface area contributed by atoms with Crippen molar-refractivity contribution in [3.8, 4) is 5.75 Å². The number of carbonyl (C=O) groups excluding carboxylic acids is 2. The summed E-state index contributed by atoms with van der Waals surface area (Å²) in [7, 11) is 0. The number of ether oxygens (including phenoxy) is 1. The Kier molecular flexibility index (Phi) is 3.99.